The van der Waals surface area contributed by atoms with E-state index in [1.807, 2.05) is 20.8 Å². The topological polar surface area (TPSA) is 62.7 Å². The summed E-state index contributed by atoms with van der Waals surface area (Å²) in [6, 6.07) is 3.28. The molecule has 1 saturated heterocycles. The first-order valence-electron chi connectivity index (χ1n) is 7.57. The lowest BCUT2D eigenvalue weighted by Gasteiger charge is -2.35. The third-order valence-electron chi connectivity index (χ3n) is 3.39. The standard InChI is InChI=1S/C16H22ClN3O3/c1-11-9-12(10-13(17)18-11)14(21)19-5-7-20(8-6-19)15(22)23-16(2,3)4/h9-10H,5-8H2,1-4H3. The van der Waals surface area contributed by atoms with Crippen molar-refractivity contribution in [2.24, 2.45) is 0 Å². The van der Waals surface area contributed by atoms with Gasteiger partial charge in [-0.2, -0.15) is 0 Å². The van der Waals surface area contributed by atoms with Crippen LogP contribution in [0.2, 0.25) is 5.15 Å². The Balaban J connectivity index is 1.96. The highest BCUT2D eigenvalue weighted by Gasteiger charge is 2.28. The van der Waals surface area contributed by atoms with Gasteiger partial charge in [-0.25, -0.2) is 9.78 Å². The van der Waals surface area contributed by atoms with Crippen molar-refractivity contribution in [3.63, 3.8) is 0 Å². The smallest absolute Gasteiger partial charge is 0.410 e. The molecule has 6 nitrogen and oxygen atoms in total. The minimum absolute atomic E-state index is 0.0961. The molecule has 0 saturated carbocycles. The van der Waals surface area contributed by atoms with Crippen LogP contribution in [0.5, 0.6) is 0 Å². The van der Waals surface area contributed by atoms with Gasteiger partial charge >= 0.3 is 6.09 Å². The van der Waals surface area contributed by atoms with E-state index in [9.17, 15) is 9.59 Å². The van der Waals surface area contributed by atoms with Crippen LogP contribution in [-0.4, -0.2) is 58.6 Å². The number of piperazine rings is 1. The van der Waals surface area contributed by atoms with Crippen LogP contribution in [0.4, 0.5) is 4.79 Å². The fourth-order valence-corrected chi connectivity index (χ4v) is 2.60. The molecule has 0 bridgehead atoms. The third-order valence-corrected chi connectivity index (χ3v) is 3.58. The predicted molar refractivity (Wildman–Crippen MR) is 87.7 cm³/mol. The van der Waals surface area contributed by atoms with Gasteiger partial charge in [-0.3, -0.25) is 4.79 Å². The minimum atomic E-state index is -0.519. The second-order valence-electron chi connectivity index (χ2n) is 6.58. The van der Waals surface area contributed by atoms with E-state index in [0.29, 0.717) is 42.6 Å². The Bertz CT molecular complexity index is 585. The number of hydrogen-bond acceptors (Lipinski definition) is 4. The molecule has 0 aliphatic carbocycles. The molecule has 1 aromatic heterocycles. The summed E-state index contributed by atoms with van der Waals surface area (Å²) in [5.41, 5.74) is 0.705. The average molecular weight is 340 g/mol. The number of carbonyl (C=O) groups excluding carboxylic acids is 2. The average Bonchev–Trinajstić information content (AvgIpc) is 2.44. The lowest BCUT2D eigenvalue weighted by molar-refractivity contribution is 0.0141. The van der Waals surface area contributed by atoms with Crippen LogP contribution in [0.1, 0.15) is 36.8 Å². The van der Waals surface area contributed by atoms with Gasteiger partial charge in [0.25, 0.3) is 5.91 Å². The van der Waals surface area contributed by atoms with Gasteiger partial charge in [-0.05, 0) is 39.8 Å². The number of ether oxygens (including phenoxy) is 1. The summed E-state index contributed by atoms with van der Waals surface area (Å²) in [4.78, 5) is 31.9. The second-order valence-corrected chi connectivity index (χ2v) is 6.97. The monoisotopic (exact) mass is 339 g/mol. The van der Waals surface area contributed by atoms with E-state index in [1.54, 1.807) is 28.9 Å². The number of rotatable bonds is 1. The van der Waals surface area contributed by atoms with Gasteiger partial charge in [0.05, 0.1) is 0 Å². The lowest BCUT2D eigenvalue weighted by Crippen LogP contribution is -2.51. The number of aryl methyl sites for hydroxylation is 1. The van der Waals surface area contributed by atoms with E-state index >= 15 is 0 Å². The lowest BCUT2D eigenvalue weighted by atomic mass is 10.2. The molecule has 1 aliphatic rings. The highest BCUT2D eigenvalue weighted by Crippen LogP contribution is 2.16. The Labute approximate surface area is 141 Å². The van der Waals surface area contributed by atoms with E-state index in [2.05, 4.69) is 4.98 Å². The molecular formula is C16H22ClN3O3. The first kappa shape index (κ1) is 17.5. The molecular weight excluding hydrogens is 318 g/mol. The quantitative estimate of drug-likeness (QED) is 0.738. The maximum Gasteiger partial charge on any atom is 0.410 e. The van der Waals surface area contributed by atoms with Crippen LogP contribution in [0.3, 0.4) is 0 Å². The molecule has 23 heavy (non-hydrogen) atoms. The van der Waals surface area contributed by atoms with Gasteiger partial charge in [0.1, 0.15) is 10.8 Å². The molecule has 2 rings (SSSR count). The van der Waals surface area contributed by atoms with Crippen molar-refractivity contribution < 1.29 is 14.3 Å². The summed E-state index contributed by atoms with van der Waals surface area (Å²) in [5.74, 6) is -0.0961. The number of halogens is 1. The maximum absolute atomic E-state index is 12.5. The Kier molecular flexibility index (Phi) is 5.14. The molecule has 0 radical (unpaired) electrons. The van der Waals surface area contributed by atoms with Crippen LogP contribution < -0.4 is 0 Å². The molecule has 2 heterocycles. The number of hydrogen-bond donors (Lipinski definition) is 0. The number of aromatic nitrogens is 1. The van der Waals surface area contributed by atoms with Crippen LogP contribution in [0.25, 0.3) is 0 Å². The molecule has 0 N–H and O–H groups in total. The van der Waals surface area contributed by atoms with Crippen molar-refractivity contribution in [1.29, 1.82) is 0 Å². The van der Waals surface area contributed by atoms with E-state index in [0.717, 1.165) is 0 Å². The predicted octanol–water partition coefficient (Wildman–Crippen LogP) is 2.74. The molecule has 0 atom stereocenters. The van der Waals surface area contributed by atoms with Gasteiger partial charge in [-0.1, -0.05) is 11.6 Å². The first-order chi connectivity index (χ1) is 10.7. The zero-order valence-electron chi connectivity index (χ0n) is 13.9. The number of nitrogens with zero attached hydrogens (tertiary/aromatic N) is 3. The first-order valence-corrected chi connectivity index (χ1v) is 7.95. The maximum atomic E-state index is 12.5. The number of pyridine rings is 1. The Hall–Kier alpha value is -1.82. The Morgan fingerprint density at radius 2 is 1.70 bits per heavy atom. The van der Waals surface area contributed by atoms with E-state index in [-0.39, 0.29) is 12.0 Å². The molecule has 1 aliphatic heterocycles. The summed E-state index contributed by atoms with van der Waals surface area (Å²) in [6.45, 7) is 9.15. The third kappa shape index (κ3) is 4.82. The molecule has 1 aromatic rings. The summed E-state index contributed by atoms with van der Waals surface area (Å²) >= 11 is 5.91. The van der Waals surface area contributed by atoms with E-state index in [1.165, 1.54) is 0 Å². The second kappa shape index (κ2) is 6.74. The number of amides is 2. The van der Waals surface area contributed by atoms with Crippen LogP contribution >= 0.6 is 11.6 Å². The largest absolute Gasteiger partial charge is 0.444 e. The molecule has 1 fully saturated rings. The molecule has 0 spiro atoms. The zero-order valence-corrected chi connectivity index (χ0v) is 14.7. The Morgan fingerprint density at radius 3 is 2.22 bits per heavy atom. The van der Waals surface area contributed by atoms with Crippen LogP contribution in [0, 0.1) is 6.92 Å². The fraction of sp³-hybridized carbons (Fsp3) is 0.562. The van der Waals surface area contributed by atoms with Crippen molar-refractivity contribution in [1.82, 2.24) is 14.8 Å². The van der Waals surface area contributed by atoms with Gasteiger partial charge < -0.3 is 14.5 Å². The van der Waals surface area contributed by atoms with Crippen LogP contribution in [-0.2, 0) is 4.74 Å². The zero-order chi connectivity index (χ0) is 17.2. The van der Waals surface area contributed by atoms with Gasteiger partial charge in [-0.15, -0.1) is 0 Å². The van der Waals surface area contributed by atoms with E-state index < -0.39 is 5.60 Å². The minimum Gasteiger partial charge on any atom is -0.444 e. The molecule has 0 aromatic carbocycles. The van der Waals surface area contributed by atoms with Crippen molar-refractivity contribution in [3.05, 3.63) is 28.5 Å². The summed E-state index contributed by atoms with van der Waals surface area (Å²) < 4.78 is 5.35. The highest BCUT2D eigenvalue weighted by molar-refractivity contribution is 6.29. The highest BCUT2D eigenvalue weighted by atomic mass is 35.5. The Morgan fingerprint density at radius 1 is 1.13 bits per heavy atom. The molecule has 7 heteroatoms. The number of carbonyl (C=O) groups is 2. The summed E-state index contributed by atoms with van der Waals surface area (Å²) in [6.07, 6.45) is -0.340. The summed E-state index contributed by atoms with van der Waals surface area (Å²) in [5, 5.41) is 0.306. The molecule has 2 amide bonds. The van der Waals surface area contributed by atoms with Gasteiger partial charge in [0.2, 0.25) is 0 Å². The van der Waals surface area contributed by atoms with E-state index in [4.69, 9.17) is 16.3 Å². The molecule has 126 valence electrons. The van der Waals surface area contributed by atoms with Crippen molar-refractivity contribution >= 4 is 23.6 Å². The molecule has 0 unspecified atom stereocenters. The van der Waals surface area contributed by atoms with Crippen molar-refractivity contribution in [2.75, 3.05) is 26.2 Å². The van der Waals surface area contributed by atoms with Gasteiger partial charge in [0.15, 0.2) is 0 Å². The fourth-order valence-electron chi connectivity index (χ4n) is 2.35. The normalized spacial score (nSPS) is 15.5. The SMILES string of the molecule is Cc1cc(C(=O)N2CCN(C(=O)OC(C)(C)C)CC2)cc(Cl)n1. The van der Waals surface area contributed by atoms with Crippen LogP contribution in [0.15, 0.2) is 12.1 Å². The summed E-state index contributed by atoms with van der Waals surface area (Å²) in [7, 11) is 0. The van der Waals surface area contributed by atoms with Crippen molar-refractivity contribution in [2.45, 2.75) is 33.3 Å². The van der Waals surface area contributed by atoms with Gasteiger partial charge in [0, 0.05) is 37.4 Å². The van der Waals surface area contributed by atoms with Crippen molar-refractivity contribution in [3.8, 4) is 0 Å².